The minimum Gasteiger partial charge on any atom is -0.481 e. The molecule has 1 atom stereocenters. The van der Waals surface area contributed by atoms with Gasteiger partial charge in [-0.2, -0.15) is 0 Å². The van der Waals surface area contributed by atoms with Gasteiger partial charge in [-0.05, 0) is 26.7 Å². The van der Waals surface area contributed by atoms with Crippen molar-refractivity contribution >= 4 is 11.9 Å². The largest absolute Gasteiger partial charge is 0.481 e. The summed E-state index contributed by atoms with van der Waals surface area (Å²) in [6, 6.07) is 0. The van der Waals surface area contributed by atoms with Crippen LogP contribution >= 0.6 is 0 Å². The standard InChI is InChI=1S/C11H20N2O3/c1-11(2,12)6-9(14)13-5-3-4-8(7-13)10(15)16/h8H,3-7,12H2,1-2H3,(H,15,16). The second-order valence-electron chi connectivity index (χ2n) is 5.18. The fourth-order valence-corrected chi connectivity index (χ4v) is 1.91. The van der Waals surface area contributed by atoms with Crippen molar-refractivity contribution in [2.45, 2.75) is 38.6 Å². The van der Waals surface area contributed by atoms with Crippen molar-refractivity contribution in [3.63, 3.8) is 0 Å². The smallest absolute Gasteiger partial charge is 0.308 e. The summed E-state index contributed by atoms with van der Waals surface area (Å²) in [4.78, 5) is 24.3. The number of carbonyl (C=O) groups excluding carboxylic acids is 1. The Hall–Kier alpha value is -1.10. The molecule has 1 fully saturated rings. The van der Waals surface area contributed by atoms with Gasteiger partial charge in [0.25, 0.3) is 0 Å². The fraction of sp³-hybridized carbons (Fsp3) is 0.818. The summed E-state index contributed by atoms with van der Waals surface area (Å²) in [5.74, 6) is -1.28. The van der Waals surface area contributed by atoms with Crippen LogP contribution in [0.15, 0.2) is 0 Å². The average Bonchev–Trinajstić information content (AvgIpc) is 2.15. The molecule has 0 bridgehead atoms. The number of nitrogens with zero attached hydrogens (tertiary/aromatic N) is 1. The molecular weight excluding hydrogens is 208 g/mol. The van der Waals surface area contributed by atoms with E-state index in [-0.39, 0.29) is 12.3 Å². The Morgan fingerprint density at radius 3 is 2.62 bits per heavy atom. The molecule has 0 radical (unpaired) electrons. The summed E-state index contributed by atoms with van der Waals surface area (Å²) in [7, 11) is 0. The molecule has 1 amide bonds. The van der Waals surface area contributed by atoms with Gasteiger partial charge in [-0.1, -0.05) is 0 Å². The second-order valence-corrected chi connectivity index (χ2v) is 5.18. The van der Waals surface area contributed by atoms with Crippen LogP contribution in [-0.2, 0) is 9.59 Å². The number of carboxylic acids is 1. The maximum atomic E-state index is 11.8. The number of hydrogen-bond donors (Lipinski definition) is 2. The topological polar surface area (TPSA) is 83.6 Å². The van der Waals surface area contributed by atoms with Crippen LogP contribution in [0.2, 0.25) is 0 Å². The Balaban J connectivity index is 2.54. The lowest BCUT2D eigenvalue weighted by Crippen LogP contribution is -2.46. The molecule has 5 nitrogen and oxygen atoms in total. The van der Waals surface area contributed by atoms with Crippen molar-refractivity contribution in [3.8, 4) is 0 Å². The number of aliphatic carboxylic acids is 1. The van der Waals surface area contributed by atoms with E-state index in [0.29, 0.717) is 19.5 Å². The van der Waals surface area contributed by atoms with Crippen molar-refractivity contribution < 1.29 is 14.7 Å². The normalized spacial score (nSPS) is 21.9. The van der Waals surface area contributed by atoms with Gasteiger partial charge in [-0.25, -0.2) is 0 Å². The quantitative estimate of drug-likeness (QED) is 0.734. The molecule has 1 aliphatic rings. The van der Waals surface area contributed by atoms with Crippen LogP contribution in [0.1, 0.15) is 33.1 Å². The SMILES string of the molecule is CC(C)(N)CC(=O)N1CCCC(C(=O)O)C1. The number of nitrogens with two attached hydrogens (primary N) is 1. The molecular formula is C11H20N2O3. The molecule has 16 heavy (non-hydrogen) atoms. The van der Waals surface area contributed by atoms with E-state index in [1.165, 1.54) is 0 Å². The molecule has 0 aromatic rings. The summed E-state index contributed by atoms with van der Waals surface area (Å²) in [6.45, 7) is 4.57. The van der Waals surface area contributed by atoms with E-state index >= 15 is 0 Å². The predicted octanol–water partition coefficient (Wildman–Crippen LogP) is 0.437. The van der Waals surface area contributed by atoms with Gasteiger partial charge < -0.3 is 15.7 Å². The van der Waals surface area contributed by atoms with Gasteiger partial charge >= 0.3 is 5.97 Å². The molecule has 0 aromatic heterocycles. The molecule has 1 rings (SSSR count). The highest BCUT2D eigenvalue weighted by atomic mass is 16.4. The Bertz CT molecular complexity index is 283. The summed E-state index contributed by atoms with van der Waals surface area (Å²) in [5, 5.41) is 8.91. The first-order chi connectivity index (χ1) is 7.29. The maximum Gasteiger partial charge on any atom is 0.308 e. The van der Waals surface area contributed by atoms with Crippen LogP contribution in [0.4, 0.5) is 0 Å². The molecule has 92 valence electrons. The molecule has 3 N–H and O–H groups in total. The first-order valence-electron chi connectivity index (χ1n) is 5.59. The molecule has 1 aliphatic heterocycles. The number of likely N-dealkylation sites (tertiary alicyclic amines) is 1. The number of rotatable bonds is 3. The monoisotopic (exact) mass is 228 g/mol. The molecule has 1 saturated heterocycles. The van der Waals surface area contributed by atoms with Crippen LogP contribution in [0.25, 0.3) is 0 Å². The zero-order chi connectivity index (χ0) is 12.3. The average molecular weight is 228 g/mol. The van der Waals surface area contributed by atoms with Gasteiger partial charge in [0.15, 0.2) is 0 Å². The molecule has 0 aliphatic carbocycles. The molecule has 0 saturated carbocycles. The Labute approximate surface area is 95.6 Å². The number of carbonyl (C=O) groups is 2. The summed E-state index contributed by atoms with van der Waals surface area (Å²) >= 11 is 0. The minimum absolute atomic E-state index is 0.0431. The van der Waals surface area contributed by atoms with Crippen molar-refractivity contribution in [1.29, 1.82) is 0 Å². The van der Waals surface area contributed by atoms with Crippen molar-refractivity contribution in [1.82, 2.24) is 4.90 Å². The highest BCUT2D eigenvalue weighted by Crippen LogP contribution is 2.18. The lowest BCUT2D eigenvalue weighted by Gasteiger charge is -2.32. The zero-order valence-corrected chi connectivity index (χ0v) is 9.90. The summed E-state index contributed by atoms with van der Waals surface area (Å²) in [6.07, 6.45) is 1.68. The van der Waals surface area contributed by atoms with E-state index in [9.17, 15) is 9.59 Å². The van der Waals surface area contributed by atoms with Crippen molar-refractivity contribution in [3.05, 3.63) is 0 Å². The van der Waals surface area contributed by atoms with Crippen molar-refractivity contribution in [2.75, 3.05) is 13.1 Å². The fourth-order valence-electron chi connectivity index (χ4n) is 1.91. The zero-order valence-electron chi connectivity index (χ0n) is 9.90. The molecule has 1 heterocycles. The summed E-state index contributed by atoms with van der Waals surface area (Å²) < 4.78 is 0. The predicted molar refractivity (Wildman–Crippen MR) is 59.8 cm³/mol. The van der Waals surface area contributed by atoms with E-state index < -0.39 is 17.4 Å². The van der Waals surface area contributed by atoms with Gasteiger partial charge in [0.2, 0.25) is 5.91 Å². The lowest BCUT2D eigenvalue weighted by atomic mass is 9.96. The Morgan fingerprint density at radius 1 is 1.50 bits per heavy atom. The first-order valence-corrected chi connectivity index (χ1v) is 5.59. The third kappa shape index (κ3) is 3.81. The van der Waals surface area contributed by atoms with Gasteiger partial charge in [-0.3, -0.25) is 9.59 Å². The van der Waals surface area contributed by atoms with E-state index in [1.54, 1.807) is 18.7 Å². The maximum absolute atomic E-state index is 11.8. The Kier molecular flexibility index (Phi) is 3.91. The van der Waals surface area contributed by atoms with E-state index in [0.717, 1.165) is 6.42 Å². The number of amides is 1. The van der Waals surface area contributed by atoms with Gasteiger partial charge in [0, 0.05) is 25.0 Å². The van der Waals surface area contributed by atoms with Crippen LogP contribution in [0.3, 0.4) is 0 Å². The number of piperidine rings is 1. The minimum atomic E-state index is -0.815. The van der Waals surface area contributed by atoms with Crippen LogP contribution in [0.5, 0.6) is 0 Å². The third-order valence-corrected chi connectivity index (χ3v) is 2.73. The van der Waals surface area contributed by atoms with Gasteiger partial charge in [0.1, 0.15) is 0 Å². The second kappa shape index (κ2) is 4.82. The number of hydrogen-bond acceptors (Lipinski definition) is 3. The third-order valence-electron chi connectivity index (χ3n) is 2.73. The van der Waals surface area contributed by atoms with E-state index in [1.807, 2.05) is 0 Å². The highest BCUT2D eigenvalue weighted by Gasteiger charge is 2.29. The van der Waals surface area contributed by atoms with Gasteiger partial charge in [-0.15, -0.1) is 0 Å². The van der Waals surface area contributed by atoms with Crippen molar-refractivity contribution in [2.24, 2.45) is 11.7 Å². The highest BCUT2D eigenvalue weighted by molar-refractivity contribution is 5.78. The lowest BCUT2D eigenvalue weighted by molar-refractivity contribution is -0.145. The summed E-state index contributed by atoms with van der Waals surface area (Å²) in [5.41, 5.74) is 5.24. The van der Waals surface area contributed by atoms with Crippen LogP contribution in [-0.4, -0.2) is 40.5 Å². The van der Waals surface area contributed by atoms with Gasteiger partial charge in [0.05, 0.1) is 5.92 Å². The Morgan fingerprint density at radius 2 is 2.12 bits per heavy atom. The molecule has 1 unspecified atom stereocenters. The number of carboxylic acid groups (broad SMARTS) is 1. The molecule has 5 heteroatoms. The van der Waals surface area contributed by atoms with E-state index in [4.69, 9.17) is 10.8 Å². The first kappa shape index (κ1) is 13.0. The molecule has 0 aromatic carbocycles. The van der Waals surface area contributed by atoms with Crippen LogP contribution < -0.4 is 5.73 Å². The molecule has 0 spiro atoms. The van der Waals surface area contributed by atoms with Crippen LogP contribution in [0, 0.1) is 5.92 Å². The van der Waals surface area contributed by atoms with E-state index in [2.05, 4.69) is 0 Å².